The Kier molecular flexibility index (Phi) is 4.88. The van der Waals surface area contributed by atoms with Crippen LogP contribution in [0, 0.1) is 0 Å². The maximum Gasteiger partial charge on any atom is 0.268 e. The molecule has 2 aromatic heterocycles. The van der Waals surface area contributed by atoms with Crippen LogP contribution in [0.3, 0.4) is 0 Å². The summed E-state index contributed by atoms with van der Waals surface area (Å²) in [5.41, 5.74) is 2.64. The first-order chi connectivity index (χ1) is 13.6. The number of pyridine rings is 1. The van der Waals surface area contributed by atoms with Gasteiger partial charge in [-0.05, 0) is 60.9 Å². The summed E-state index contributed by atoms with van der Waals surface area (Å²) in [4.78, 5) is 4.58. The molecule has 2 heterocycles. The van der Waals surface area contributed by atoms with Crippen molar-refractivity contribution in [3.05, 3.63) is 90.4 Å². The summed E-state index contributed by atoms with van der Waals surface area (Å²) in [6.45, 7) is 0. The number of fused-ring (bicyclic) bond motifs is 1. The molecule has 0 aliphatic heterocycles. The molecule has 28 heavy (non-hydrogen) atoms. The molecule has 2 aromatic carbocycles. The number of ether oxygens (including phenoxy) is 1. The number of aryl methyl sites for hydroxylation is 2. The van der Waals surface area contributed by atoms with Gasteiger partial charge in [-0.3, -0.25) is 4.98 Å². The van der Waals surface area contributed by atoms with Gasteiger partial charge in [-0.2, -0.15) is 0 Å². The lowest BCUT2D eigenvalue weighted by atomic mass is 10.1. The molecular weight excluding hydrogens is 372 g/mol. The zero-order chi connectivity index (χ0) is 19.6. The summed E-state index contributed by atoms with van der Waals surface area (Å²) >= 11 is 0. The van der Waals surface area contributed by atoms with Gasteiger partial charge in [0, 0.05) is 23.5 Å². The van der Waals surface area contributed by atoms with E-state index in [9.17, 15) is 8.42 Å². The molecule has 0 N–H and O–H groups in total. The monoisotopic (exact) mass is 392 g/mol. The highest BCUT2D eigenvalue weighted by Crippen LogP contribution is 2.27. The van der Waals surface area contributed by atoms with E-state index in [0.717, 1.165) is 23.1 Å². The Labute approximate surface area is 164 Å². The molecule has 4 rings (SSSR count). The highest BCUT2D eigenvalue weighted by molar-refractivity contribution is 7.90. The fourth-order valence-corrected chi connectivity index (χ4v) is 4.68. The van der Waals surface area contributed by atoms with E-state index in [-0.39, 0.29) is 4.90 Å². The van der Waals surface area contributed by atoms with Crippen molar-refractivity contribution in [1.82, 2.24) is 8.96 Å². The SMILES string of the molecule is COc1ccc(S(=O)(=O)n2cc(CCc3ccccn3)c3ccccc32)cc1. The van der Waals surface area contributed by atoms with Crippen LogP contribution in [-0.2, 0) is 22.9 Å². The number of hydrogen-bond acceptors (Lipinski definition) is 4. The van der Waals surface area contributed by atoms with Crippen molar-refractivity contribution < 1.29 is 13.2 Å². The minimum absolute atomic E-state index is 0.227. The molecule has 0 saturated carbocycles. The second-order valence-corrected chi connectivity index (χ2v) is 8.28. The van der Waals surface area contributed by atoms with E-state index in [4.69, 9.17) is 4.74 Å². The lowest BCUT2D eigenvalue weighted by molar-refractivity contribution is 0.414. The number of benzene rings is 2. The highest BCUT2D eigenvalue weighted by atomic mass is 32.2. The van der Waals surface area contributed by atoms with Crippen LogP contribution in [0.5, 0.6) is 5.75 Å². The van der Waals surface area contributed by atoms with Crippen molar-refractivity contribution in [1.29, 1.82) is 0 Å². The average Bonchev–Trinajstić information content (AvgIpc) is 3.13. The Hall–Kier alpha value is -3.12. The van der Waals surface area contributed by atoms with E-state index < -0.39 is 10.0 Å². The third kappa shape index (κ3) is 3.39. The van der Waals surface area contributed by atoms with Gasteiger partial charge in [0.05, 0.1) is 17.5 Å². The molecule has 0 atom stereocenters. The van der Waals surface area contributed by atoms with Crippen LogP contribution < -0.4 is 4.74 Å². The Morgan fingerprint density at radius 1 is 0.929 bits per heavy atom. The van der Waals surface area contributed by atoms with Gasteiger partial charge in [-0.1, -0.05) is 24.3 Å². The van der Waals surface area contributed by atoms with Gasteiger partial charge in [0.15, 0.2) is 0 Å². The Morgan fingerprint density at radius 3 is 2.39 bits per heavy atom. The van der Waals surface area contributed by atoms with Crippen molar-refractivity contribution in [2.75, 3.05) is 7.11 Å². The van der Waals surface area contributed by atoms with E-state index in [0.29, 0.717) is 17.7 Å². The first kappa shape index (κ1) is 18.3. The minimum Gasteiger partial charge on any atom is -0.497 e. The fraction of sp³-hybridized carbons (Fsp3) is 0.136. The van der Waals surface area contributed by atoms with E-state index in [1.54, 1.807) is 43.8 Å². The Morgan fingerprint density at radius 2 is 1.68 bits per heavy atom. The second-order valence-electron chi connectivity index (χ2n) is 6.47. The Balaban J connectivity index is 1.74. The van der Waals surface area contributed by atoms with E-state index in [1.807, 2.05) is 42.5 Å². The Bertz CT molecular complexity index is 1200. The van der Waals surface area contributed by atoms with Gasteiger partial charge >= 0.3 is 0 Å². The number of methoxy groups -OCH3 is 1. The van der Waals surface area contributed by atoms with E-state index in [2.05, 4.69) is 4.98 Å². The van der Waals surface area contributed by atoms with Gasteiger partial charge in [-0.15, -0.1) is 0 Å². The topological polar surface area (TPSA) is 61.2 Å². The molecule has 0 aliphatic rings. The van der Waals surface area contributed by atoms with Crippen LogP contribution in [0.15, 0.2) is 84.0 Å². The van der Waals surface area contributed by atoms with Crippen LogP contribution in [-0.4, -0.2) is 24.5 Å². The minimum atomic E-state index is -3.71. The summed E-state index contributed by atoms with van der Waals surface area (Å²) in [6.07, 6.45) is 4.96. The molecule has 142 valence electrons. The molecule has 6 heteroatoms. The predicted molar refractivity (Wildman–Crippen MR) is 109 cm³/mol. The first-order valence-electron chi connectivity index (χ1n) is 8.98. The van der Waals surface area contributed by atoms with Gasteiger partial charge in [0.1, 0.15) is 5.75 Å². The van der Waals surface area contributed by atoms with E-state index in [1.165, 1.54) is 3.97 Å². The highest BCUT2D eigenvalue weighted by Gasteiger charge is 2.21. The normalized spacial score (nSPS) is 11.6. The van der Waals surface area contributed by atoms with Crippen LogP contribution in [0.25, 0.3) is 10.9 Å². The summed E-state index contributed by atoms with van der Waals surface area (Å²) in [5.74, 6) is 0.618. The van der Waals surface area contributed by atoms with Gasteiger partial charge < -0.3 is 4.74 Å². The number of aromatic nitrogens is 2. The zero-order valence-corrected chi connectivity index (χ0v) is 16.3. The summed E-state index contributed by atoms with van der Waals surface area (Å²) < 4.78 is 33.0. The van der Waals surface area contributed by atoms with E-state index >= 15 is 0 Å². The zero-order valence-electron chi connectivity index (χ0n) is 15.4. The fourth-order valence-electron chi connectivity index (χ4n) is 3.29. The van der Waals surface area contributed by atoms with Gasteiger partial charge in [0.2, 0.25) is 0 Å². The number of rotatable bonds is 6. The largest absolute Gasteiger partial charge is 0.497 e. The van der Waals surface area contributed by atoms with Crippen LogP contribution in [0.2, 0.25) is 0 Å². The molecule has 0 fully saturated rings. The lowest BCUT2D eigenvalue weighted by Gasteiger charge is -2.08. The molecule has 0 aliphatic carbocycles. The quantitative estimate of drug-likeness (QED) is 0.496. The smallest absolute Gasteiger partial charge is 0.268 e. The third-order valence-corrected chi connectivity index (χ3v) is 6.44. The maximum absolute atomic E-state index is 13.2. The van der Waals surface area contributed by atoms with Gasteiger partial charge in [-0.25, -0.2) is 12.4 Å². The van der Waals surface area contributed by atoms with Crippen molar-refractivity contribution >= 4 is 20.9 Å². The molecule has 0 spiro atoms. The first-order valence-corrected chi connectivity index (χ1v) is 10.4. The molecule has 0 bridgehead atoms. The maximum atomic E-state index is 13.2. The number of hydrogen-bond donors (Lipinski definition) is 0. The second kappa shape index (κ2) is 7.48. The molecule has 0 amide bonds. The van der Waals surface area contributed by atoms with Gasteiger partial charge in [0.25, 0.3) is 10.0 Å². The summed E-state index contributed by atoms with van der Waals surface area (Å²) in [5, 5.41) is 0.940. The standard InChI is InChI=1S/C22H20N2O3S/c1-27-19-11-13-20(14-12-19)28(25,26)24-16-17(21-7-2-3-8-22(21)24)9-10-18-6-4-5-15-23-18/h2-8,11-16H,9-10H2,1H3. The molecular formula is C22H20N2O3S. The van der Waals surface area contributed by atoms with Crippen LogP contribution in [0.4, 0.5) is 0 Å². The average molecular weight is 392 g/mol. The van der Waals surface area contributed by atoms with Crippen molar-refractivity contribution in [3.8, 4) is 5.75 Å². The number of nitrogens with zero attached hydrogens (tertiary/aromatic N) is 2. The molecule has 0 unspecified atom stereocenters. The predicted octanol–water partition coefficient (Wildman–Crippen LogP) is 4.07. The van der Waals surface area contributed by atoms with Crippen molar-refractivity contribution in [2.45, 2.75) is 17.7 Å². The van der Waals surface area contributed by atoms with Crippen LogP contribution >= 0.6 is 0 Å². The van der Waals surface area contributed by atoms with Crippen LogP contribution in [0.1, 0.15) is 11.3 Å². The van der Waals surface area contributed by atoms with Crippen molar-refractivity contribution in [3.63, 3.8) is 0 Å². The summed E-state index contributed by atoms with van der Waals surface area (Å²) in [7, 11) is -2.15. The summed E-state index contributed by atoms with van der Waals surface area (Å²) in [6, 6.07) is 19.8. The third-order valence-electron chi connectivity index (χ3n) is 4.75. The molecule has 4 aromatic rings. The molecule has 0 radical (unpaired) electrons. The molecule has 0 saturated heterocycles. The molecule has 5 nitrogen and oxygen atoms in total. The number of para-hydroxylation sites is 1. The lowest BCUT2D eigenvalue weighted by Crippen LogP contribution is -2.11. The van der Waals surface area contributed by atoms with Crippen molar-refractivity contribution in [2.24, 2.45) is 0 Å².